The molecule has 7 heteroatoms. The van der Waals surface area contributed by atoms with Gasteiger partial charge in [0.2, 0.25) is 5.91 Å². The van der Waals surface area contributed by atoms with E-state index in [1.807, 2.05) is 59.5 Å². The van der Waals surface area contributed by atoms with E-state index in [4.69, 9.17) is 27.9 Å². The molecule has 3 aromatic rings. The van der Waals surface area contributed by atoms with Crippen molar-refractivity contribution in [2.45, 2.75) is 51.3 Å². The van der Waals surface area contributed by atoms with E-state index >= 15 is 0 Å². The van der Waals surface area contributed by atoms with Crippen LogP contribution in [0.1, 0.15) is 49.1 Å². The fraction of sp³-hybridized carbons (Fsp3) is 0.310. The van der Waals surface area contributed by atoms with E-state index in [0.717, 1.165) is 22.3 Å². The average Bonchev–Trinajstić information content (AvgIpc) is 2.82. The monoisotopic (exact) mass is 524 g/mol. The molecular weight excluding hydrogens is 495 g/mol. The molecule has 1 aliphatic heterocycles. The van der Waals surface area contributed by atoms with Crippen molar-refractivity contribution >= 4 is 35.2 Å². The number of halogens is 2. The Labute approximate surface area is 222 Å². The van der Waals surface area contributed by atoms with Gasteiger partial charge in [0.25, 0.3) is 0 Å². The molecule has 5 nitrogen and oxygen atoms in total. The van der Waals surface area contributed by atoms with E-state index in [1.54, 1.807) is 32.9 Å². The van der Waals surface area contributed by atoms with Gasteiger partial charge in [0.05, 0.1) is 6.04 Å². The van der Waals surface area contributed by atoms with Gasteiger partial charge in [-0.25, -0.2) is 4.79 Å². The van der Waals surface area contributed by atoms with Crippen LogP contribution >= 0.6 is 23.2 Å². The molecule has 1 heterocycles. The first-order chi connectivity index (χ1) is 17.1. The van der Waals surface area contributed by atoms with E-state index in [0.29, 0.717) is 29.4 Å². The van der Waals surface area contributed by atoms with Crippen LogP contribution in [0.2, 0.25) is 10.0 Å². The number of carbonyl (C=O) groups excluding carboxylic acids is 2. The predicted molar refractivity (Wildman–Crippen MR) is 143 cm³/mol. The second-order valence-electron chi connectivity index (χ2n) is 9.94. The minimum Gasteiger partial charge on any atom is -0.444 e. The summed E-state index contributed by atoms with van der Waals surface area (Å²) in [6, 6.07) is 21.8. The highest BCUT2D eigenvalue weighted by molar-refractivity contribution is 6.35. The highest BCUT2D eigenvalue weighted by atomic mass is 35.5. The molecule has 0 radical (unpaired) electrons. The average molecular weight is 525 g/mol. The first-order valence-electron chi connectivity index (χ1n) is 12.0. The Morgan fingerprint density at radius 2 is 1.69 bits per heavy atom. The van der Waals surface area contributed by atoms with Crippen LogP contribution < -0.4 is 5.32 Å². The lowest BCUT2D eigenvalue weighted by atomic mass is 9.87. The number of rotatable bonds is 5. The third-order valence-corrected chi connectivity index (χ3v) is 6.66. The van der Waals surface area contributed by atoms with Gasteiger partial charge in [-0.3, -0.25) is 4.79 Å². The second kappa shape index (κ2) is 10.9. The molecule has 4 rings (SSSR count). The number of alkyl carbamates (subject to hydrolysis) is 1. The molecule has 0 spiro atoms. The lowest BCUT2D eigenvalue weighted by molar-refractivity contribution is -0.135. The van der Waals surface area contributed by atoms with Crippen LogP contribution in [0.15, 0.2) is 72.8 Å². The van der Waals surface area contributed by atoms with E-state index in [9.17, 15) is 9.59 Å². The van der Waals surface area contributed by atoms with Crippen molar-refractivity contribution in [2.24, 2.45) is 0 Å². The van der Waals surface area contributed by atoms with Crippen LogP contribution in [0.4, 0.5) is 4.79 Å². The van der Waals surface area contributed by atoms with Gasteiger partial charge in [-0.05, 0) is 61.6 Å². The van der Waals surface area contributed by atoms with Crippen LogP contribution in [0.3, 0.4) is 0 Å². The Hall–Kier alpha value is -3.02. The Bertz CT molecular complexity index is 1240. The van der Waals surface area contributed by atoms with Gasteiger partial charge >= 0.3 is 6.09 Å². The number of nitrogens with zero attached hydrogens (tertiary/aromatic N) is 1. The Morgan fingerprint density at radius 3 is 2.39 bits per heavy atom. The molecule has 0 saturated carbocycles. The maximum absolute atomic E-state index is 14.2. The van der Waals surface area contributed by atoms with Gasteiger partial charge < -0.3 is 15.0 Å². The van der Waals surface area contributed by atoms with Crippen molar-refractivity contribution in [2.75, 3.05) is 6.54 Å². The topological polar surface area (TPSA) is 58.6 Å². The van der Waals surface area contributed by atoms with Gasteiger partial charge in [-0.1, -0.05) is 83.9 Å². The van der Waals surface area contributed by atoms with Crippen LogP contribution in [-0.2, 0) is 22.4 Å². The highest BCUT2D eigenvalue weighted by Gasteiger charge is 2.37. The van der Waals surface area contributed by atoms with Crippen LogP contribution in [-0.4, -0.2) is 35.1 Å². The second-order valence-corrected chi connectivity index (χ2v) is 10.8. The fourth-order valence-corrected chi connectivity index (χ4v) is 5.07. The zero-order valence-corrected chi connectivity index (χ0v) is 22.1. The molecule has 36 heavy (non-hydrogen) atoms. The Morgan fingerprint density at radius 1 is 1.00 bits per heavy atom. The summed E-state index contributed by atoms with van der Waals surface area (Å²) in [5.74, 6) is -0.199. The number of benzene rings is 3. The number of hydrogen-bond acceptors (Lipinski definition) is 3. The summed E-state index contributed by atoms with van der Waals surface area (Å²) in [5, 5.41) is 3.85. The summed E-state index contributed by atoms with van der Waals surface area (Å²) in [5.41, 5.74) is 3.21. The normalized spacial score (nSPS) is 16.1. The summed E-state index contributed by atoms with van der Waals surface area (Å²) in [6.07, 6.45) is 0.405. The number of ether oxygens (including phenoxy) is 1. The van der Waals surface area contributed by atoms with Crippen molar-refractivity contribution in [3.63, 3.8) is 0 Å². The zero-order chi connectivity index (χ0) is 25.9. The van der Waals surface area contributed by atoms with Gasteiger partial charge in [0, 0.05) is 23.0 Å². The summed E-state index contributed by atoms with van der Waals surface area (Å²) >= 11 is 12.8. The Kier molecular flexibility index (Phi) is 7.91. The molecule has 0 aromatic heterocycles. The van der Waals surface area contributed by atoms with Gasteiger partial charge in [-0.15, -0.1) is 0 Å². The molecule has 188 valence electrons. The standard InChI is InChI=1S/C29H30Cl2N2O3/c1-29(2,3)36-28(35)32-25(17-19-9-5-4-6-10-19)27(34)33-16-15-20-11-7-8-12-22(20)26(33)23-14-13-21(30)18-24(23)31/h4-14,18,25-26H,15-17H2,1-3H3,(H,32,35)/t25-,26?/m0/s1. The molecule has 0 bridgehead atoms. The van der Waals surface area contributed by atoms with E-state index < -0.39 is 23.8 Å². The lowest BCUT2D eigenvalue weighted by Gasteiger charge is -2.40. The third-order valence-electron chi connectivity index (χ3n) is 6.10. The molecular formula is C29H30Cl2N2O3. The summed E-state index contributed by atoms with van der Waals surface area (Å²) in [4.78, 5) is 28.7. The van der Waals surface area contributed by atoms with E-state index in [1.165, 1.54) is 0 Å². The first-order valence-corrected chi connectivity index (χ1v) is 12.7. The largest absolute Gasteiger partial charge is 0.444 e. The van der Waals surface area contributed by atoms with Gasteiger partial charge in [-0.2, -0.15) is 0 Å². The minimum atomic E-state index is -0.818. The number of nitrogens with one attached hydrogen (secondary N) is 1. The van der Waals surface area contributed by atoms with Crippen molar-refractivity contribution in [1.29, 1.82) is 0 Å². The predicted octanol–water partition coefficient (Wildman–Crippen LogP) is 6.60. The molecule has 0 aliphatic carbocycles. The van der Waals surface area contributed by atoms with Gasteiger partial charge in [0.1, 0.15) is 11.6 Å². The molecule has 0 saturated heterocycles. The van der Waals surface area contributed by atoms with Crippen LogP contribution in [0.5, 0.6) is 0 Å². The minimum absolute atomic E-state index is 0.199. The quantitative estimate of drug-likeness (QED) is 0.408. The molecule has 2 atom stereocenters. The van der Waals surface area contributed by atoms with Crippen molar-refractivity contribution < 1.29 is 14.3 Å². The number of hydrogen-bond donors (Lipinski definition) is 1. The van der Waals surface area contributed by atoms with Crippen molar-refractivity contribution in [3.05, 3.63) is 105 Å². The molecule has 1 N–H and O–H groups in total. The van der Waals surface area contributed by atoms with Crippen LogP contribution in [0.25, 0.3) is 0 Å². The fourth-order valence-electron chi connectivity index (χ4n) is 4.56. The maximum Gasteiger partial charge on any atom is 0.408 e. The molecule has 1 unspecified atom stereocenters. The maximum atomic E-state index is 14.2. The lowest BCUT2D eigenvalue weighted by Crippen LogP contribution is -2.53. The number of amides is 2. The number of carbonyl (C=O) groups is 2. The van der Waals surface area contributed by atoms with Gasteiger partial charge in [0.15, 0.2) is 0 Å². The summed E-state index contributed by atoms with van der Waals surface area (Å²) in [6.45, 7) is 5.86. The highest BCUT2D eigenvalue weighted by Crippen LogP contribution is 2.39. The molecule has 2 amide bonds. The molecule has 3 aromatic carbocycles. The smallest absolute Gasteiger partial charge is 0.408 e. The first kappa shape index (κ1) is 26.1. The molecule has 0 fully saturated rings. The SMILES string of the molecule is CC(C)(C)OC(=O)N[C@@H](Cc1ccccc1)C(=O)N1CCc2ccccc2C1c1ccc(Cl)cc1Cl. The zero-order valence-electron chi connectivity index (χ0n) is 20.6. The summed E-state index contributed by atoms with van der Waals surface area (Å²) < 4.78 is 5.49. The van der Waals surface area contributed by atoms with E-state index in [-0.39, 0.29) is 5.91 Å². The van der Waals surface area contributed by atoms with Crippen LogP contribution in [0, 0.1) is 0 Å². The van der Waals surface area contributed by atoms with E-state index in [2.05, 4.69) is 11.4 Å². The Balaban J connectivity index is 1.72. The van der Waals surface area contributed by atoms with Crippen molar-refractivity contribution in [3.8, 4) is 0 Å². The summed E-state index contributed by atoms with van der Waals surface area (Å²) in [7, 11) is 0. The number of fused-ring (bicyclic) bond motifs is 1. The van der Waals surface area contributed by atoms with Crippen molar-refractivity contribution in [1.82, 2.24) is 10.2 Å². The third kappa shape index (κ3) is 6.21. The molecule has 1 aliphatic rings.